The molecule has 0 bridgehead atoms. The average Bonchev–Trinajstić information content (AvgIpc) is 2.64. The van der Waals surface area contributed by atoms with Crippen LogP contribution in [0.4, 0.5) is 26.3 Å². The fourth-order valence-electron chi connectivity index (χ4n) is 4.11. The lowest BCUT2D eigenvalue weighted by Crippen LogP contribution is -2.32. The van der Waals surface area contributed by atoms with Crippen molar-refractivity contribution in [2.45, 2.75) is 57.0 Å². The number of rotatable bonds is 5. The quantitative estimate of drug-likeness (QED) is 0.397. The number of hydrogen-bond donors (Lipinski definition) is 1. The summed E-state index contributed by atoms with van der Waals surface area (Å²) in [6.07, 6.45) is -10.4. The van der Waals surface area contributed by atoms with Crippen molar-refractivity contribution in [2.24, 2.45) is 5.92 Å². The zero-order chi connectivity index (χ0) is 23.9. The Morgan fingerprint density at radius 1 is 1.03 bits per heavy atom. The zero-order valence-corrected chi connectivity index (χ0v) is 17.8. The summed E-state index contributed by atoms with van der Waals surface area (Å²) in [5, 5.41) is 0.0342. The van der Waals surface area contributed by atoms with Gasteiger partial charge >= 0.3 is 12.4 Å². The van der Waals surface area contributed by atoms with Crippen LogP contribution in [0.3, 0.4) is 0 Å². The minimum absolute atomic E-state index is 0.00898. The van der Waals surface area contributed by atoms with Gasteiger partial charge in [-0.05, 0) is 54.0 Å². The van der Waals surface area contributed by atoms with Crippen molar-refractivity contribution in [3.8, 4) is 5.75 Å². The number of benzene rings is 2. The Morgan fingerprint density at radius 3 is 2.16 bits per heavy atom. The van der Waals surface area contributed by atoms with Gasteiger partial charge in [0.25, 0.3) is 10.1 Å². The number of fused-ring (bicyclic) bond motifs is 1. The normalized spacial score (nSPS) is 21.5. The predicted molar refractivity (Wildman–Crippen MR) is 106 cm³/mol. The van der Waals surface area contributed by atoms with Crippen LogP contribution < -0.4 is 4.74 Å². The van der Waals surface area contributed by atoms with Crippen molar-refractivity contribution in [1.82, 2.24) is 0 Å². The molecule has 1 aliphatic rings. The molecule has 11 heteroatoms. The lowest BCUT2D eigenvalue weighted by molar-refractivity contribution is -0.185. The number of alkyl halides is 6. The van der Waals surface area contributed by atoms with E-state index < -0.39 is 57.5 Å². The molecule has 2 aromatic carbocycles. The summed E-state index contributed by atoms with van der Waals surface area (Å²) in [4.78, 5) is 0. The molecule has 1 N–H and O–H groups in total. The largest absolute Gasteiger partial charge is 0.490 e. The predicted octanol–water partition coefficient (Wildman–Crippen LogP) is 6.35. The van der Waals surface area contributed by atoms with Gasteiger partial charge in [-0.15, -0.1) is 0 Å². The van der Waals surface area contributed by atoms with Gasteiger partial charge in [-0.2, -0.15) is 34.8 Å². The van der Waals surface area contributed by atoms with E-state index in [0.717, 1.165) is 6.07 Å². The maximum Gasteiger partial charge on any atom is 0.420 e. The molecule has 0 radical (unpaired) electrons. The van der Waals surface area contributed by atoms with Crippen LogP contribution in [0, 0.1) is 5.92 Å². The summed E-state index contributed by atoms with van der Waals surface area (Å²) in [6, 6.07) is 6.68. The van der Waals surface area contributed by atoms with Crippen molar-refractivity contribution < 1.29 is 44.0 Å². The third-order valence-corrected chi connectivity index (χ3v) is 6.67. The van der Waals surface area contributed by atoms with Gasteiger partial charge in [-0.25, -0.2) is 0 Å². The van der Waals surface area contributed by atoms with Gasteiger partial charge in [0, 0.05) is 0 Å². The van der Waals surface area contributed by atoms with Crippen molar-refractivity contribution in [3.05, 3.63) is 41.5 Å². The number of hydrogen-bond acceptors (Lipinski definition) is 3. The van der Waals surface area contributed by atoms with Crippen LogP contribution in [0.5, 0.6) is 5.75 Å². The summed E-state index contributed by atoms with van der Waals surface area (Å²) >= 11 is 0. The molecule has 1 unspecified atom stereocenters. The second-order valence-corrected chi connectivity index (χ2v) is 9.70. The Balaban J connectivity index is 1.95. The van der Waals surface area contributed by atoms with Gasteiger partial charge in [-0.1, -0.05) is 31.2 Å². The van der Waals surface area contributed by atoms with Crippen molar-refractivity contribution in [3.63, 3.8) is 0 Å². The third kappa shape index (κ3) is 5.86. The lowest BCUT2D eigenvalue weighted by Gasteiger charge is -2.31. The van der Waals surface area contributed by atoms with Gasteiger partial charge in [0.2, 0.25) is 0 Å². The second kappa shape index (κ2) is 8.74. The Hall–Kier alpha value is -2.01. The maximum atomic E-state index is 14.0. The highest BCUT2D eigenvalue weighted by molar-refractivity contribution is 7.85. The van der Waals surface area contributed by atoms with Crippen LogP contribution in [0.25, 0.3) is 10.8 Å². The Morgan fingerprint density at radius 2 is 1.62 bits per heavy atom. The average molecular weight is 484 g/mol. The molecule has 178 valence electrons. The molecule has 1 fully saturated rings. The molecule has 2 aromatic rings. The fraction of sp³-hybridized carbons (Fsp3) is 0.524. The molecule has 0 amide bonds. The molecule has 0 aromatic heterocycles. The lowest BCUT2D eigenvalue weighted by atomic mass is 9.87. The smallest absolute Gasteiger partial charge is 0.420 e. The Kier molecular flexibility index (Phi) is 6.72. The van der Waals surface area contributed by atoms with E-state index in [4.69, 9.17) is 9.29 Å². The van der Waals surface area contributed by atoms with Gasteiger partial charge < -0.3 is 4.74 Å². The molecule has 1 aliphatic carbocycles. The van der Waals surface area contributed by atoms with Gasteiger partial charge in [0.15, 0.2) is 0 Å². The minimum Gasteiger partial charge on any atom is -0.490 e. The topological polar surface area (TPSA) is 63.6 Å². The van der Waals surface area contributed by atoms with Crippen LogP contribution >= 0.6 is 0 Å². The van der Waals surface area contributed by atoms with E-state index in [1.54, 1.807) is 0 Å². The highest BCUT2D eigenvalue weighted by Crippen LogP contribution is 2.44. The summed E-state index contributed by atoms with van der Waals surface area (Å²) in [5.74, 6) is -3.37. The first kappa shape index (κ1) is 24.6. The summed E-state index contributed by atoms with van der Waals surface area (Å²) in [7, 11) is -4.33. The molecule has 0 spiro atoms. The summed E-state index contributed by atoms with van der Waals surface area (Å²) in [6.45, 7) is 1.46. The van der Waals surface area contributed by atoms with Crippen molar-refractivity contribution >= 4 is 20.9 Å². The second-order valence-electron chi connectivity index (χ2n) is 8.20. The molecule has 0 saturated heterocycles. The SMILES string of the molecule is CC(CS(=O)(=O)O)c1ccc2ccc(O[C@H]3CC[C@@H](C(F)(F)F)CC3)c(C(F)(F)F)c2c1. The van der Waals surface area contributed by atoms with E-state index in [1.807, 2.05) is 0 Å². The highest BCUT2D eigenvalue weighted by Gasteiger charge is 2.42. The molecular weight excluding hydrogens is 462 g/mol. The number of ether oxygens (including phenoxy) is 1. The van der Waals surface area contributed by atoms with Gasteiger partial charge in [0.05, 0.1) is 17.8 Å². The molecule has 1 saturated carbocycles. The first-order valence-corrected chi connectivity index (χ1v) is 11.6. The van der Waals surface area contributed by atoms with Crippen molar-refractivity contribution in [1.29, 1.82) is 0 Å². The van der Waals surface area contributed by atoms with Crippen LogP contribution in [0.2, 0.25) is 0 Å². The molecule has 32 heavy (non-hydrogen) atoms. The fourth-order valence-corrected chi connectivity index (χ4v) is 4.94. The van der Waals surface area contributed by atoms with Gasteiger partial charge in [0.1, 0.15) is 11.3 Å². The molecule has 4 nitrogen and oxygen atoms in total. The molecule has 0 heterocycles. The standard InChI is InChI=1S/C21H22F6O4S/c1-12(11-32(28,29)30)14-3-2-13-4-9-18(19(17(13)10-14)21(25,26)27)31-16-7-5-15(6-8-16)20(22,23)24/h2-4,9-10,12,15-16H,5-8,11H2,1H3,(H,28,29,30)/t12?,15-,16+. The zero-order valence-electron chi connectivity index (χ0n) is 17.0. The Labute approximate surface area is 181 Å². The van der Waals surface area contributed by atoms with E-state index in [1.165, 1.54) is 31.2 Å². The van der Waals surface area contributed by atoms with E-state index >= 15 is 0 Å². The summed E-state index contributed by atoms with van der Waals surface area (Å²) < 4.78 is 117. The third-order valence-electron chi connectivity index (χ3n) is 5.75. The van der Waals surface area contributed by atoms with Crippen molar-refractivity contribution in [2.75, 3.05) is 5.75 Å². The first-order valence-electron chi connectivity index (χ1n) is 9.97. The van der Waals surface area contributed by atoms with E-state index in [0.29, 0.717) is 0 Å². The molecule has 0 aliphatic heterocycles. The Bertz CT molecular complexity index is 1070. The van der Waals surface area contributed by atoms with Gasteiger partial charge in [-0.3, -0.25) is 4.55 Å². The monoisotopic (exact) mass is 484 g/mol. The molecule has 3 rings (SSSR count). The van der Waals surface area contributed by atoms with Crippen LogP contribution in [-0.4, -0.2) is 31.0 Å². The van der Waals surface area contributed by atoms with E-state index in [2.05, 4.69) is 0 Å². The maximum absolute atomic E-state index is 14.0. The summed E-state index contributed by atoms with van der Waals surface area (Å²) in [5.41, 5.74) is -0.780. The molecule has 1 atom stereocenters. The van der Waals surface area contributed by atoms with Crippen LogP contribution in [0.1, 0.15) is 49.7 Å². The molecular formula is C21H22F6O4S. The van der Waals surface area contributed by atoms with Crippen LogP contribution in [-0.2, 0) is 16.3 Å². The highest BCUT2D eigenvalue weighted by atomic mass is 32.2. The first-order chi connectivity index (χ1) is 14.6. The van der Waals surface area contributed by atoms with E-state index in [-0.39, 0.29) is 42.0 Å². The van der Waals surface area contributed by atoms with E-state index in [9.17, 15) is 34.8 Å². The minimum atomic E-state index is -4.82. The number of halogens is 6. The van der Waals surface area contributed by atoms with Crippen LogP contribution in [0.15, 0.2) is 30.3 Å².